The molecule has 1 aliphatic carbocycles. The molecule has 0 bridgehead atoms. The average molecular weight is 509 g/mol. The molecule has 2 unspecified atom stereocenters. The van der Waals surface area contributed by atoms with Gasteiger partial charge in [-0.1, -0.05) is 0 Å². The average Bonchev–Trinajstić information content (AvgIpc) is 2.97. The van der Waals surface area contributed by atoms with Crippen molar-refractivity contribution < 1.29 is 37.7 Å². The van der Waals surface area contributed by atoms with Crippen molar-refractivity contribution in [1.82, 2.24) is 14.5 Å². The molecule has 0 spiro atoms. The molecule has 6 atom stereocenters. The van der Waals surface area contributed by atoms with Crippen molar-refractivity contribution in [3.63, 3.8) is 0 Å². The number of aromatic nitrogens is 3. The minimum absolute atomic E-state index is 0.00169. The highest BCUT2D eigenvalue weighted by atomic mass is 35.5. The van der Waals surface area contributed by atoms with Crippen LogP contribution in [0.25, 0.3) is 11.0 Å². The summed E-state index contributed by atoms with van der Waals surface area (Å²) in [5.74, 6) is 1.13. The van der Waals surface area contributed by atoms with E-state index in [9.17, 15) is 23.2 Å². The molecule has 4 heterocycles. The second kappa shape index (κ2) is 7.60. The van der Waals surface area contributed by atoms with Gasteiger partial charge in [0, 0.05) is 19.3 Å². The van der Waals surface area contributed by atoms with Crippen molar-refractivity contribution in [3.8, 4) is 0 Å². The summed E-state index contributed by atoms with van der Waals surface area (Å²) < 4.78 is 42.4. The Kier molecular flexibility index (Phi) is 5.34. The van der Waals surface area contributed by atoms with Crippen LogP contribution in [0.3, 0.4) is 0 Å². The molecular weight excluding hydrogens is 487 g/mol. The van der Waals surface area contributed by atoms with Gasteiger partial charge in [-0.2, -0.15) is 9.97 Å². The summed E-state index contributed by atoms with van der Waals surface area (Å²) in [5.41, 5.74) is -1.01. The lowest BCUT2D eigenvalue weighted by Crippen LogP contribution is -2.35. The first-order chi connectivity index (χ1) is 14.9. The Labute approximate surface area is 187 Å². The fourth-order valence-corrected chi connectivity index (χ4v) is 8.07. The lowest BCUT2D eigenvalue weighted by molar-refractivity contribution is -0.0288. The van der Waals surface area contributed by atoms with Gasteiger partial charge in [0.15, 0.2) is 21.6 Å². The van der Waals surface area contributed by atoms with Gasteiger partial charge in [-0.15, -0.1) is 0 Å². The van der Waals surface area contributed by atoms with Crippen molar-refractivity contribution in [2.24, 2.45) is 11.8 Å². The minimum atomic E-state index is -4.83. The fraction of sp³-hybridized carbons (Fsp3) is 0.647. The van der Waals surface area contributed by atoms with Crippen LogP contribution in [0.5, 0.6) is 0 Å². The molecule has 3 fully saturated rings. The van der Waals surface area contributed by atoms with E-state index in [0.29, 0.717) is 28.7 Å². The highest BCUT2D eigenvalue weighted by molar-refractivity contribution is 7.97. The topological polar surface area (TPSA) is 175 Å². The van der Waals surface area contributed by atoms with Crippen molar-refractivity contribution in [3.05, 3.63) is 17.5 Å². The third kappa shape index (κ3) is 4.16. The van der Waals surface area contributed by atoms with Crippen LogP contribution in [0.15, 0.2) is 12.3 Å². The number of anilines is 1. The lowest BCUT2D eigenvalue weighted by atomic mass is 10.1. The van der Waals surface area contributed by atoms with Gasteiger partial charge in [0.2, 0.25) is 5.28 Å². The van der Waals surface area contributed by atoms with Crippen LogP contribution >= 0.6 is 19.2 Å². The molecule has 12 nitrogen and oxygen atoms in total. The minimum Gasteiger partial charge on any atom is -0.387 e. The summed E-state index contributed by atoms with van der Waals surface area (Å²) in [6.07, 6.45) is -2.85. The van der Waals surface area contributed by atoms with E-state index in [1.54, 1.807) is 12.3 Å². The number of rotatable bonds is 6. The Bertz CT molecular complexity index is 1210. The molecule has 5 rings (SSSR count). The van der Waals surface area contributed by atoms with E-state index in [-0.39, 0.29) is 5.28 Å². The Hall–Kier alpha value is -1.31. The summed E-state index contributed by atoms with van der Waals surface area (Å²) in [5, 5.41) is 21.6. The number of ether oxygens (including phenoxy) is 1. The Morgan fingerprint density at radius 1 is 1.19 bits per heavy atom. The van der Waals surface area contributed by atoms with Crippen LogP contribution < -0.4 is 4.90 Å². The van der Waals surface area contributed by atoms with Crippen LogP contribution in [0.1, 0.15) is 12.6 Å². The van der Waals surface area contributed by atoms with Gasteiger partial charge in [0.25, 0.3) is 0 Å². The molecule has 0 amide bonds. The molecule has 176 valence electrons. The third-order valence-corrected chi connectivity index (χ3v) is 10.1. The third-order valence-electron chi connectivity index (χ3n) is 6.20. The maximum atomic E-state index is 12.1. The molecule has 32 heavy (non-hydrogen) atoms. The second-order valence-electron chi connectivity index (χ2n) is 8.69. The molecule has 0 radical (unpaired) electrons. The summed E-state index contributed by atoms with van der Waals surface area (Å²) >= 11 is 6.16. The number of hydrogen-bond donors (Lipinski definition) is 4. The SMILES string of the molecule is O=P(O)(O)CS(=O)(=O)C[C@H]1O[C@@H](n2ccc3c(N4CC5CC5C4)nc(Cl)nc32)[C@H](O)[C@@H]1O. The van der Waals surface area contributed by atoms with Crippen LogP contribution in [0.2, 0.25) is 5.28 Å². The van der Waals surface area contributed by atoms with Crippen molar-refractivity contribution in [1.29, 1.82) is 0 Å². The predicted octanol–water partition coefficient (Wildman–Crippen LogP) is -0.290. The second-order valence-corrected chi connectivity index (χ2v) is 13.2. The zero-order valence-electron chi connectivity index (χ0n) is 16.6. The van der Waals surface area contributed by atoms with Crippen LogP contribution in [0, 0.1) is 11.8 Å². The Morgan fingerprint density at radius 2 is 1.88 bits per heavy atom. The highest BCUT2D eigenvalue weighted by Crippen LogP contribution is 2.47. The summed E-state index contributed by atoms with van der Waals surface area (Å²) in [7, 11) is -9.09. The molecule has 15 heteroatoms. The number of fused-ring (bicyclic) bond motifs is 2. The first-order valence-corrected chi connectivity index (χ1v) is 14.0. The van der Waals surface area contributed by atoms with Crippen molar-refractivity contribution in [2.45, 2.75) is 31.0 Å². The molecule has 0 aromatic carbocycles. The van der Waals surface area contributed by atoms with Crippen LogP contribution in [-0.2, 0) is 19.1 Å². The maximum Gasteiger partial charge on any atom is 0.340 e. The van der Waals surface area contributed by atoms with Gasteiger partial charge < -0.3 is 34.2 Å². The molecule has 1 saturated carbocycles. The molecule has 2 saturated heterocycles. The zero-order chi connectivity index (χ0) is 23.0. The van der Waals surface area contributed by atoms with Crippen LogP contribution in [0.4, 0.5) is 5.82 Å². The first kappa shape index (κ1) is 22.5. The van der Waals surface area contributed by atoms with Gasteiger partial charge in [0.05, 0.1) is 11.1 Å². The van der Waals surface area contributed by atoms with E-state index >= 15 is 0 Å². The number of hydrogen-bond acceptors (Lipinski definition) is 9. The van der Waals surface area contributed by atoms with E-state index in [4.69, 9.17) is 26.1 Å². The molecule has 2 aromatic heterocycles. The number of piperidine rings is 1. The first-order valence-electron chi connectivity index (χ1n) is 9.97. The van der Waals surface area contributed by atoms with Gasteiger partial charge >= 0.3 is 7.60 Å². The maximum absolute atomic E-state index is 12.1. The number of sulfone groups is 1. The monoisotopic (exact) mass is 508 g/mol. The molecule has 4 N–H and O–H groups in total. The molecule has 2 aliphatic heterocycles. The number of aliphatic hydroxyl groups excluding tert-OH is 2. The Balaban J connectivity index is 1.43. The van der Waals surface area contributed by atoms with Crippen LogP contribution in [-0.4, -0.2) is 85.6 Å². The molecular formula is C17H22ClN4O8PS. The zero-order valence-corrected chi connectivity index (χ0v) is 19.1. The van der Waals surface area contributed by atoms with E-state index in [1.165, 1.54) is 11.0 Å². The van der Waals surface area contributed by atoms with Gasteiger partial charge in [-0.3, -0.25) is 4.57 Å². The number of halogens is 1. The summed E-state index contributed by atoms with van der Waals surface area (Å²) in [4.78, 5) is 28.7. The van der Waals surface area contributed by atoms with Crippen molar-refractivity contribution >= 4 is 45.9 Å². The van der Waals surface area contributed by atoms with E-state index in [2.05, 4.69) is 14.9 Å². The lowest BCUT2D eigenvalue weighted by Gasteiger charge is -2.21. The number of aliphatic hydroxyl groups is 2. The summed E-state index contributed by atoms with van der Waals surface area (Å²) in [6, 6.07) is 1.74. The number of nitrogens with zero attached hydrogens (tertiary/aromatic N) is 4. The quantitative estimate of drug-likeness (QED) is 0.298. The largest absolute Gasteiger partial charge is 0.387 e. The Morgan fingerprint density at radius 3 is 2.53 bits per heavy atom. The molecule has 3 aliphatic rings. The normalized spacial score (nSPS) is 32.6. The van der Waals surface area contributed by atoms with Crippen molar-refractivity contribution in [2.75, 3.05) is 29.2 Å². The fourth-order valence-electron chi connectivity index (χ4n) is 4.66. The molecule has 2 aromatic rings. The smallest absolute Gasteiger partial charge is 0.340 e. The summed E-state index contributed by atoms with van der Waals surface area (Å²) in [6.45, 7) is 1.75. The standard InChI is InChI=1S/C17H22ClN4O8PS/c18-17-19-14(21-4-8-3-9(8)5-21)10-1-2-22(15(10)20-17)16-13(24)12(23)11(30-16)6-32(28,29)7-31(25,26)27/h1-2,8-9,11-13,16,23-24H,3-7H2,(H2,25,26,27)/t8?,9?,11-,12-,13-,16-/m1/s1. The predicted molar refractivity (Wildman–Crippen MR) is 113 cm³/mol. The van der Waals surface area contributed by atoms with Gasteiger partial charge in [-0.25, -0.2) is 8.42 Å². The van der Waals surface area contributed by atoms with E-state index in [1.807, 2.05) is 0 Å². The van der Waals surface area contributed by atoms with E-state index < -0.39 is 53.2 Å². The van der Waals surface area contributed by atoms with Gasteiger partial charge in [-0.05, 0) is 35.9 Å². The van der Waals surface area contributed by atoms with Gasteiger partial charge in [0.1, 0.15) is 29.8 Å². The highest BCUT2D eigenvalue weighted by Gasteiger charge is 2.48. The van der Waals surface area contributed by atoms with E-state index in [0.717, 1.165) is 13.1 Å².